The van der Waals surface area contributed by atoms with Crippen LogP contribution in [0.5, 0.6) is 0 Å². The second-order valence-electron chi connectivity index (χ2n) is 3.14. The van der Waals surface area contributed by atoms with Gasteiger partial charge in [-0.15, -0.1) is 0 Å². The molecule has 1 aromatic carbocycles. The van der Waals surface area contributed by atoms with E-state index in [1.807, 2.05) is 24.3 Å². The van der Waals surface area contributed by atoms with Gasteiger partial charge >= 0.3 is 5.97 Å². The van der Waals surface area contributed by atoms with Crippen LogP contribution in [0.15, 0.2) is 28.7 Å². The van der Waals surface area contributed by atoms with E-state index in [4.69, 9.17) is 4.74 Å². The number of ether oxygens (including phenoxy) is 1. The van der Waals surface area contributed by atoms with Gasteiger partial charge in [-0.1, -0.05) is 28.1 Å². The molecular weight excluding hydrogens is 258 g/mol. The van der Waals surface area contributed by atoms with Gasteiger partial charge < -0.3 is 10.1 Å². The molecule has 82 valence electrons. The molecule has 0 unspecified atom stereocenters. The maximum atomic E-state index is 10.5. The first-order chi connectivity index (χ1) is 7.18. The Balaban J connectivity index is 2.15. The minimum absolute atomic E-state index is 0.236. The minimum atomic E-state index is -0.236. The zero-order chi connectivity index (χ0) is 11.1. The van der Waals surface area contributed by atoms with Gasteiger partial charge in [-0.05, 0) is 17.7 Å². The number of carbonyl (C=O) groups is 1. The molecule has 15 heavy (non-hydrogen) atoms. The third-order valence-corrected chi connectivity index (χ3v) is 2.36. The first-order valence-electron chi connectivity index (χ1n) is 4.77. The number of hydrogen-bond donors (Lipinski definition) is 1. The predicted molar refractivity (Wildman–Crippen MR) is 62.5 cm³/mol. The fraction of sp³-hybridized carbons (Fsp3) is 0.364. The van der Waals surface area contributed by atoms with E-state index >= 15 is 0 Å². The number of benzene rings is 1. The molecule has 0 aliphatic heterocycles. The van der Waals surface area contributed by atoms with Gasteiger partial charge in [0.05, 0.1) is 0 Å². The molecule has 3 nitrogen and oxygen atoms in total. The van der Waals surface area contributed by atoms with E-state index in [0.29, 0.717) is 13.2 Å². The largest absolute Gasteiger partial charge is 0.465 e. The summed E-state index contributed by atoms with van der Waals surface area (Å²) in [5.41, 5.74) is 1.21. The molecule has 0 bridgehead atoms. The molecular formula is C11H14BrNO2. The van der Waals surface area contributed by atoms with Gasteiger partial charge in [-0.3, -0.25) is 4.79 Å². The summed E-state index contributed by atoms with van der Waals surface area (Å²) in [6, 6.07) is 8.10. The van der Waals surface area contributed by atoms with Gasteiger partial charge in [0.1, 0.15) is 6.61 Å². The monoisotopic (exact) mass is 271 g/mol. The second kappa shape index (κ2) is 6.58. The standard InChI is InChI=1S/C11H14BrNO2/c1-9(14)15-7-6-13-8-10-2-4-11(12)5-3-10/h2-5,13H,6-8H2,1H3. The van der Waals surface area contributed by atoms with Crippen LogP contribution in [-0.4, -0.2) is 19.1 Å². The number of esters is 1. The van der Waals surface area contributed by atoms with Crippen molar-refractivity contribution >= 4 is 21.9 Å². The van der Waals surface area contributed by atoms with Crippen molar-refractivity contribution in [2.24, 2.45) is 0 Å². The summed E-state index contributed by atoms with van der Waals surface area (Å²) in [4.78, 5) is 10.5. The van der Waals surface area contributed by atoms with Gasteiger partial charge in [0.25, 0.3) is 0 Å². The van der Waals surface area contributed by atoms with Crippen LogP contribution in [0.4, 0.5) is 0 Å². The summed E-state index contributed by atoms with van der Waals surface area (Å²) < 4.78 is 5.87. The lowest BCUT2D eigenvalue weighted by Gasteiger charge is -2.05. The second-order valence-corrected chi connectivity index (χ2v) is 4.06. The van der Waals surface area contributed by atoms with Crippen molar-refractivity contribution in [2.75, 3.05) is 13.2 Å². The summed E-state index contributed by atoms with van der Waals surface area (Å²) in [6.07, 6.45) is 0. The molecule has 1 aromatic rings. The lowest BCUT2D eigenvalue weighted by molar-refractivity contribution is -0.140. The molecule has 0 fully saturated rings. The van der Waals surface area contributed by atoms with Crippen molar-refractivity contribution in [3.8, 4) is 0 Å². The Morgan fingerprint density at radius 2 is 2.07 bits per heavy atom. The highest BCUT2D eigenvalue weighted by Crippen LogP contribution is 2.09. The van der Waals surface area contributed by atoms with Gasteiger partial charge in [0.15, 0.2) is 0 Å². The summed E-state index contributed by atoms with van der Waals surface area (Å²) in [5.74, 6) is -0.236. The van der Waals surface area contributed by atoms with E-state index in [1.165, 1.54) is 12.5 Å². The zero-order valence-corrected chi connectivity index (χ0v) is 10.2. The molecule has 4 heteroatoms. The molecule has 0 aliphatic carbocycles. The third-order valence-electron chi connectivity index (χ3n) is 1.83. The van der Waals surface area contributed by atoms with Crippen molar-refractivity contribution in [1.82, 2.24) is 5.32 Å². The van der Waals surface area contributed by atoms with Gasteiger partial charge in [0.2, 0.25) is 0 Å². The zero-order valence-electron chi connectivity index (χ0n) is 8.63. The van der Waals surface area contributed by atoms with Crippen molar-refractivity contribution in [3.05, 3.63) is 34.3 Å². The Bertz CT molecular complexity index is 311. The topological polar surface area (TPSA) is 38.3 Å². The van der Waals surface area contributed by atoms with Crippen molar-refractivity contribution in [3.63, 3.8) is 0 Å². The van der Waals surface area contributed by atoms with E-state index in [1.54, 1.807) is 0 Å². The molecule has 0 saturated heterocycles. The normalized spacial score (nSPS) is 10.0. The molecule has 0 atom stereocenters. The maximum Gasteiger partial charge on any atom is 0.302 e. The van der Waals surface area contributed by atoms with Crippen LogP contribution in [0, 0.1) is 0 Å². The van der Waals surface area contributed by atoms with Gasteiger partial charge in [-0.25, -0.2) is 0 Å². The lowest BCUT2D eigenvalue weighted by atomic mass is 10.2. The predicted octanol–water partition coefficient (Wildman–Crippen LogP) is 2.10. The third kappa shape index (κ3) is 5.54. The van der Waals surface area contributed by atoms with E-state index < -0.39 is 0 Å². The molecule has 0 saturated carbocycles. The van der Waals surface area contributed by atoms with E-state index in [2.05, 4.69) is 21.2 Å². The Kier molecular flexibility index (Phi) is 5.36. The van der Waals surface area contributed by atoms with Crippen molar-refractivity contribution < 1.29 is 9.53 Å². The lowest BCUT2D eigenvalue weighted by Crippen LogP contribution is -2.20. The quantitative estimate of drug-likeness (QED) is 0.659. The molecule has 0 heterocycles. The Hall–Kier alpha value is -0.870. The Morgan fingerprint density at radius 3 is 2.67 bits per heavy atom. The van der Waals surface area contributed by atoms with Crippen LogP contribution in [-0.2, 0) is 16.1 Å². The summed E-state index contributed by atoms with van der Waals surface area (Å²) in [5, 5.41) is 3.18. The summed E-state index contributed by atoms with van der Waals surface area (Å²) in [6.45, 7) is 3.30. The first-order valence-corrected chi connectivity index (χ1v) is 5.56. The number of hydrogen-bond acceptors (Lipinski definition) is 3. The minimum Gasteiger partial charge on any atom is -0.465 e. The van der Waals surface area contributed by atoms with Gasteiger partial charge in [0, 0.05) is 24.5 Å². The van der Waals surface area contributed by atoms with Crippen LogP contribution < -0.4 is 5.32 Å². The molecule has 0 aliphatic rings. The fourth-order valence-electron chi connectivity index (χ4n) is 1.10. The SMILES string of the molecule is CC(=O)OCCNCc1ccc(Br)cc1. The van der Waals surface area contributed by atoms with Crippen LogP contribution >= 0.6 is 15.9 Å². The maximum absolute atomic E-state index is 10.5. The average molecular weight is 272 g/mol. The average Bonchev–Trinajstić information content (AvgIpc) is 2.20. The highest BCUT2D eigenvalue weighted by atomic mass is 79.9. The van der Waals surface area contributed by atoms with E-state index in [0.717, 1.165) is 11.0 Å². The van der Waals surface area contributed by atoms with E-state index in [-0.39, 0.29) is 5.97 Å². The molecule has 0 aromatic heterocycles. The van der Waals surface area contributed by atoms with Crippen molar-refractivity contribution in [1.29, 1.82) is 0 Å². The Labute approximate surface area is 97.9 Å². The van der Waals surface area contributed by atoms with Crippen LogP contribution in [0.25, 0.3) is 0 Å². The molecule has 0 amide bonds. The first kappa shape index (κ1) is 12.2. The molecule has 1 rings (SSSR count). The summed E-state index contributed by atoms with van der Waals surface area (Å²) >= 11 is 3.38. The fourth-order valence-corrected chi connectivity index (χ4v) is 1.37. The summed E-state index contributed by atoms with van der Waals surface area (Å²) in [7, 11) is 0. The highest BCUT2D eigenvalue weighted by Gasteiger charge is 1.94. The van der Waals surface area contributed by atoms with Gasteiger partial charge in [-0.2, -0.15) is 0 Å². The highest BCUT2D eigenvalue weighted by molar-refractivity contribution is 9.10. The smallest absolute Gasteiger partial charge is 0.302 e. The number of nitrogens with one attached hydrogen (secondary N) is 1. The number of carbonyl (C=O) groups excluding carboxylic acids is 1. The van der Waals surface area contributed by atoms with Crippen LogP contribution in [0.2, 0.25) is 0 Å². The van der Waals surface area contributed by atoms with E-state index in [9.17, 15) is 4.79 Å². The molecule has 0 radical (unpaired) electrons. The van der Waals surface area contributed by atoms with Crippen LogP contribution in [0.3, 0.4) is 0 Å². The van der Waals surface area contributed by atoms with Crippen LogP contribution in [0.1, 0.15) is 12.5 Å². The van der Waals surface area contributed by atoms with Crippen molar-refractivity contribution in [2.45, 2.75) is 13.5 Å². The number of halogens is 1. The molecule has 1 N–H and O–H groups in total. The number of rotatable bonds is 5. The Morgan fingerprint density at radius 1 is 1.40 bits per heavy atom. The molecule has 0 spiro atoms.